The van der Waals surface area contributed by atoms with Crippen LogP contribution in [-0.4, -0.2) is 18.4 Å². The molecular formula is C11H18N2O2. The summed E-state index contributed by atoms with van der Waals surface area (Å²) in [6.07, 6.45) is 7.18. The maximum atomic E-state index is 11.7. The molecule has 2 fully saturated rings. The van der Waals surface area contributed by atoms with Gasteiger partial charge in [0.05, 0.1) is 6.54 Å². The van der Waals surface area contributed by atoms with Gasteiger partial charge in [-0.25, -0.2) is 0 Å². The Balaban J connectivity index is 1.81. The van der Waals surface area contributed by atoms with Crippen molar-refractivity contribution in [3.63, 3.8) is 0 Å². The van der Waals surface area contributed by atoms with Crippen molar-refractivity contribution in [2.45, 2.75) is 38.5 Å². The summed E-state index contributed by atoms with van der Waals surface area (Å²) >= 11 is 0. The molecule has 2 aliphatic carbocycles. The van der Waals surface area contributed by atoms with Gasteiger partial charge in [-0.1, -0.05) is 19.3 Å². The third-order valence-electron chi connectivity index (χ3n) is 3.79. The molecular weight excluding hydrogens is 192 g/mol. The van der Waals surface area contributed by atoms with Gasteiger partial charge in [-0.2, -0.15) is 0 Å². The van der Waals surface area contributed by atoms with Gasteiger partial charge in [-0.05, 0) is 24.7 Å². The second-order valence-electron chi connectivity index (χ2n) is 4.86. The summed E-state index contributed by atoms with van der Waals surface area (Å²) in [6.45, 7) is -0.0224. The van der Waals surface area contributed by atoms with E-state index in [0.29, 0.717) is 5.41 Å². The number of hydrogen-bond acceptors (Lipinski definition) is 2. The second-order valence-corrected chi connectivity index (χ2v) is 4.86. The first-order chi connectivity index (χ1) is 7.14. The number of nitrogens with two attached hydrogens (primary N) is 1. The van der Waals surface area contributed by atoms with Crippen LogP contribution in [0.5, 0.6) is 0 Å². The van der Waals surface area contributed by atoms with Crippen molar-refractivity contribution in [3.8, 4) is 0 Å². The van der Waals surface area contributed by atoms with Gasteiger partial charge in [0.15, 0.2) is 0 Å². The number of rotatable bonds is 3. The highest BCUT2D eigenvalue weighted by Crippen LogP contribution is 2.61. The van der Waals surface area contributed by atoms with Crippen molar-refractivity contribution in [1.82, 2.24) is 5.32 Å². The van der Waals surface area contributed by atoms with Crippen molar-refractivity contribution in [1.29, 1.82) is 0 Å². The minimum Gasteiger partial charge on any atom is -0.368 e. The van der Waals surface area contributed by atoms with E-state index in [9.17, 15) is 9.59 Å². The molecule has 0 aromatic carbocycles. The Hall–Kier alpha value is -1.06. The lowest BCUT2D eigenvalue weighted by molar-refractivity contribution is -0.126. The van der Waals surface area contributed by atoms with Crippen LogP contribution in [0.1, 0.15) is 38.5 Å². The fraction of sp³-hybridized carbons (Fsp3) is 0.818. The van der Waals surface area contributed by atoms with Gasteiger partial charge >= 0.3 is 0 Å². The van der Waals surface area contributed by atoms with Gasteiger partial charge in [0.1, 0.15) is 0 Å². The van der Waals surface area contributed by atoms with Crippen LogP contribution in [0.4, 0.5) is 0 Å². The standard InChI is InChI=1S/C11H18N2O2/c12-9(14)7-13-10(15)8-6-11(8)4-2-1-3-5-11/h8H,1-7H2,(H2,12,14)(H,13,15). The zero-order valence-corrected chi connectivity index (χ0v) is 8.92. The van der Waals surface area contributed by atoms with Crippen LogP contribution < -0.4 is 11.1 Å². The summed E-state index contributed by atoms with van der Waals surface area (Å²) in [6, 6.07) is 0. The van der Waals surface area contributed by atoms with E-state index >= 15 is 0 Å². The SMILES string of the molecule is NC(=O)CNC(=O)C1CC12CCCCC2. The zero-order chi connectivity index (χ0) is 10.9. The molecule has 84 valence electrons. The molecule has 3 N–H and O–H groups in total. The van der Waals surface area contributed by atoms with E-state index in [2.05, 4.69) is 5.32 Å². The molecule has 2 rings (SSSR count). The molecule has 0 aromatic heterocycles. The van der Waals surface area contributed by atoms with E-state index in [4.69, 9.17) is 5.73 Å². The average molecular weight is 210 g/mol. The summed E-state index contributed by atoms with van der Waals surface area (Å²) in [7, 11) is 0. The monoisotopic (exact) mass is 210 g/mol. The molecule has 0 radical (unpaired) electrons. The smallest absolute Gasteiger partial charge is 0.236 e. The van der Waals surface area contributed by atoms with Crippen LogP contribution in [0.2, 0.25) is 0 Å². The van der Waals surface area contributed by atoms with Crippen LogP contribution in [0, 0.1) is 11.3 Å². The predicted molar refractivity (Wildman–Crippen MR) is 55.8 cm³/mol. The van der Waals surface area contributed by atoms with E-state index in [0.717, 1.165) is 6.42 Å². The quantitative estimate of drug-likeness (QED) is 0.714. The molecule has 2 aliphatic rings. The normalized spacial score (nSPS) is 27.3. The molecule has 1 spiro atoms. The van der Waals surface area contributed by atoms with E-state index in [1.165, 1.54) is 32.1 Å². The zero-order valence-electron chi connectivity index (χ0n) is 8.92. The molecule has 4 nitrogen and oxygen atoms in total. The van der Waals surface area contributed by atoms with Gasteiger partial charge in [0, 0.05) is 5.92 Å². The first kappa shape index (κ1) is 10.5. The summed E-state index contributed by atoms with van der Waals surface area (Å²) in [4.78, 5) is 22.2. The third-order valence-corrected chi connectivity index (χ3v) is 3.79. The fourth-order valence-corrected chi connectivity index (χ4v) is 2.82. The molecule has 0 aliphatic heterocycles. The maximum Gasteiger partial charge on any atom is 0.236 e. The molecule has 4 heteroatoms. The molecule has 15 heavy (non-hydrogen) atoms. The van der Waals surface area contributed by atoms with Crippen LogP contribution in [-0.2, 0) is 9.59 Å². The summed E-state index contributed by atoms with van der Waals surface area (Å²) in [5, 5.41) is 2.60. The Morgan fingerprint density at radius 2 is 1.93 bits per heavy atom. The third kappa shape index (κ3) is 2.13. The molecule has 1 unspecified atom stereocenters. The second kappa shape index (κ2) is 3.83. The Labute approximate surface area is 89.6 Å². The van der Waals surface area contributed by atoms with E-state index in [-0.39, 0.29) is 18.4 Å². The van der Waals surface area contributed by atoms with Crippen LogP contribution in [0.15, 0.2) is 0 Å². The van der Waals surface area contributed by atoms with Crippen LogP contribution in [0.3, 0.4) is 0 Å². The molecule has 2 amide bonds. The number of hydrogen-bond donors (Lipinski definition) is 2. The number of primary amides is 1. The summed E-state index contributed by atoms with van der Waals surface area (Å²) in [5.41, 5.74) is 5.27. The van der Waals surface area contributed by atoms with Crippen molar-refractivity contribution >= 4 is 11.8 Å². The van der Waals surface area contributed by atoms with Crippen LogP contribution >= 0.6 is 0 Å². The summed E-state index contributed by atoms with van der Waals surface area (Å²) < 4.78 is 0. The minimum absolute atomic E-state index is 0.0224. The number of carbonyl (C=O) groups excluding carboxylic acids is 2. The Morgan fingerprint density at radius 1 is 1.27 bits per heavy atom. The first-order valence-electron chi connectivity index (χ1n) is 5.70. The largest absolute Gasteiger partial charge is 0.368 e. The molecule has 0 heterocycles. The lowest BCUT2D eigenvalue weighted by Crippen LogP contribution is -2.35. The number of amides is 2. The summed E-state index contributed by atoms with van der Waals surface area (Å²) in [5.74, 6) is -0.297. The van der Waals surface area contributed by atoms with Gasteiger partial charge in [0.2, 0.25) is 11.8 Å². The predicted octanol–water partition coefficient (Wildman–Crippen LogP) is 0.558. The molecule has 0 saturated heterocycles. The van der Waals surface area contributed by atoms with Crippen molar-refractivity contribution in [3.05, 3.63) is 0 Å². The highest BCUT2D eigenvalue weighted by molar-refractivity contribution is 5.87. The van der Waals surface area contributed by atoms with E-state index in [1.807, 2.05) is 0 Å². The van der Waals surface area contributed by atoms with E-state index in [1.54, 1.807) is 0 Å². The Kier molecular flexibility index (Phi) is 2.67. The van der Waals surface area contributed by atoms with Crippen molar-refractivity contribution in [2.75, 3.05) is 6.54 Å². The highest BCUT2D eigenvalue weighted by atomic mass is 16.2. The van der Waals surface area contributed by atoms with Crippen molar-refractivity contribution in [2.24, 2.45) is 17.1 Å². The van der Waals surface area contributed by atoms with Gasteiger partial charge in [-0.3, -0.25) is 9.59 Å². The molecule has 0 aromatic rings. The lowest BCUT2D eigenvalue weighted by atomic mass is 9.84. The average Bonchev–Trinajstić information content (AvgIpc) is 2.90. The Bertz CT molecular complexity index is 282. The van der Waals surface area contributed by atoms with Crippen molar-refractivity contribution < 1.29 is 9.59 Å². The minimum atomic E-state index is -0.471. The Morgan fingerprint density at radius 3 is 2.53 bits per heavy atom. The molecule has 0 bridgehead atoms. The van der Waals surface area contributed by atoms with Gasteiger partial charge < -0.3 is 11.1 Å². The van der Waals surface area contributed by atoms with Gasteiger partial charge in [0.25, 0.3) is 0 Å². The number of nitrogens with one attached hydrogen (secondary N) is 1. The fourth-order valence-electron chi connectivity index (χ4n) is 2.82. The van der Waals surface area contributed by atoms with Gasteiger partial charge in [-0.15, -0.1) is 0 Å². The highest BCUT2D eigenvalue weighted by Gasteiger charge is 2.57. The van der Waals surface area contributed by atoms with Crippen LogP contribution in [0.25, 0.3) is 0 Å². The van der Waals surface area contributed by atoms with E-state index < -0.39 is 5.91 Å². The molecule has 1 atom stereocenters. The number of carbonyl (C=O) groups is 2. The lowest BCUT2D eigenvalue weighted by Gasteiger charge is -2.21. The first-order valence-corrected chi connectivity index (χ1v) is 5.70. The topological polar surface area (TPSA) is 72.2 Å². The molecule has 2 saturated carbocycles. The maximum absolute atomic E-state index is 11.7.